The van der Waals surface area contributed by atoms with E-state index in [9.17, 15) is 17.2 Å². The highest BCUT2D eigenvalue weighted by atomic mass is 32.3. The van der Waals surface area contributed by atoms with Crippen molar-refractivity contribution in [1.29, 1.82) is 0 Å². The van der Waals surface area contributed by atoms with Gasteiger partial charge >= 0.3 is 10.4 Å². The molecule has 4 aliphatic carbocycles. The Labute approximate surface area is 250 Å². The molecule has 8 unspecified atom stereocenters. The molecule has 12 atom stereocenters. The summed E-state index contributed by atoms with van der Waals surface area (Å²) >= 11 is -1.82. The third kappa shape index (κ3) is 7.17. The van der Waals surface area contributed by atoms with Crippen molar-refractivity contribution in [3.05, 3.63) is 0 Å². The van der Waals surface area contributed by atoms with E-state index in [1.54, 1.807) is 0 Å². The van der Waals surface area contributed by atoms with E-state index in [2.05, 4.69) is 53.4 Å². The fourth-order valence-electron chi connectivity index (χ4n) is 9.75. The normalized spacial score (nSPS) is 42.4. The zero-order valence-corrected chi connectivity index (χ0v) is 26.8. The van der Waals surface area contributed by atoms with Gasteiger partial charge < -0.3 is 0 Å². The Hall–Kier alpha value is 0.0900. The molecule has 0 amide bonds. The minimum atomic E-state index is -4.77. The van der Waals surface area contributed by atoms with Crippen LogP contribution in [0.15, 0.2) is 0 Å². The van der Waals surface area contributed by atoms with Crippen LogP contribution in [0.5, 0.6) is 0 Å². The lowest BCUT2D eigenvalue weighted by Crippen LogP contribution is -2.61. The molecule has 0 radical (unpaired) electrons. The van der Waals surface area contributed by atoms with Gasteiger partial charge in [0, 0.05) is 0 Å². The first-order chi connectivity index (χ1) is 19.2. The van der Waals surface area contributed by atoms with Crippen molar-refractivity contribution < 1.29 is 54.8 Å². The molecule has 3 N–H and O–H groups in total. The molecule has 4 aliphatic rings. The van der Waals surface area contributed by atoms with E-state index in [-0.39, 0.29) is 23.7 Å². The van der Waals surface area contributed by atoms with Gasteiger partial charge in [0.1, 0.15) is 0 Å². The van der Waals surface area contributed by atoms with Gasteiger partial charge in [-0.25, -0.2) is 18.9 Å². The molecular formula is C26H46O12S3. The summed E-state index contributed by atoms with van der Waals surface area (Å²) in [6.07, 6.45) is 6.01. The average Bonchev–Trinajstić information content (AvgIpc) is 3.23. The molecule has 12 nitrogen and oxygen atoms in total. The van der Waals surface area contributed by atoms with Crippen molar-refractivity contribution in [3.8, 4) is 0 Å². The molecule has 4 saturated carbocycles. The highest BCUT2D eigenvalue weighted by Crippen LogP contribution is 2.69. The third-order valence-corrected chi connectivity index (χ3v) is 13.5. The zero-order valence-electron chi connectivity index (χ0n) is 24.4. The molecule has 0 aromatic rings. The molecule has 240 valence electrons. The predicted molar refractivity (Wildman–Crippen MR) is 150 cm³/mol. The maximum Gasteiger partial charge on any atom is 0.397 e. The highest BCUT2D eigenvalue weighted by Gasteiger charge is 2.65. The van der Waals surface area contributed by atoms with E-state index < -0.39 is 50.3 Å². The Bertz CT molecular complexity index is 1010. The van der Waals surface area contributed by atoms with Gasteiger partial charge in [-0.15, -0.1) is 8.67 Å². The predicted octanol–water partition coefficient (Wildman–Crippen LogP) is 5.95. The molecule has 15 heteroatoms. The van der Waals surface area contributed by atoms with Crippen molar-refractivity contribution in [3.63, 3.8) is 0 Å². The first-order valence-electron chi connectivity index (χ1n) is 14.6. The van der Waals surface area contributed by atoms with E-state index in [4.69, 9.17) is 18.9 Å². The molecule has 41 heavy (non-hydrogen) atoms. The van der Waals surface area contributed by atoms with Crippen LogP contribution in [0.2, 0.25) is 0 Å². The molecule has 0 aliphatic heterocycles. The van der Waals surface area contributed by atoms with E-state index in [0.29, 0.717) is 48.8 Å². The molecule has 0 aromatic carbocycles. The van der Waals surface area contributed by atoms with Gasteiger partial charge in [0.25, 0.3) is 0 Å². The summed E-state index contributed by atoms with van der Waals surface area (Å²) in [5.41, 5.74) is -0.376. The molecule has 4 fully saturated rings. The van der Waals surface area contributed by atoms with Crippen LogP contribution in [0.4, 0.5) is 0 Å². The largest absolute Gasteiger partial charge is 0.397 e. The molecular weight excluding hydrogens is 600 g/mol. The summed E-state index contributed by atoms with van der Waals surface area (Å²) in [6, 6.07) is 0. The Morgan fingerprint density at radius 2 is 1.66 bits per heavy atom. The molecule has 0 bridgehead atoms. The topological polar surface area (TPSA) is 167 Å². The molecule has 0 spiro atoms. The third-order valence-electron chi connectivity index (χ3n) is 11.4. The standard InChI is InChI=1S/C26H46O12S3/c1-15(2)6-7-16(3)18-8-9-19-17-12-22(34-41(30,31)32)21-13-24(40(29)38-36-28)23(33-39-37-35-27)14-26(21,5)20(17)10-11-25(18,19)4/h15-24,27-28H,6-14H2,1-5H3,(H,30,31,32)/t16?,17-,18?,19?,20?,21?,22?,23-,24?,25+,26+,40?/m0/s1. The minimum absolute atomic E-state index is 0.131. The van der Waals surface area contributed by atoms with E-state index in [0.717, 1.165) is 25.7 Å². The van der Waals surface area contributed by atoms with Gasteiger partial charge in [-0.3, -0.25) is 8.74 Å². The summed E-state index contributed by atoms with van der Waals surface area (Å²) in [4.78, 5) is 0. The lowest BCUT2D eigenvalue weighted by atomic mass is 9.43. The van der Waals surface area contributed by atoms with Crippen molar-refractivity contribution in [2.75, 3.05) is 0 Å². The second-order valence-corrected chi connectivity index (χ2v) is 16.5. The monoisotopic (exact) mass is 646 g/mol. The quantitative estimate of drug-likeness (QED) is 0.0707. The van der Waals surface area contributed by atoms with E-state index in [1.807, 2.05) is 0 Å². The van der Waals surface area contributed by atoms with Gasteiger partial charge in [-0.05, 0) is 97.2 Å². The van der Waals surface area contributed by atoms with Crippen molar-refractivity contribution >= 4 is 33.8 Å². The summed E-state index contributed by atoms with van der Waals surface area (Å²) in [7, 11) is -4.77. The fourth-order valence-corrected chi connectivity index (χ4v) is 11.6. The Balaban J connectivity index is 1.66. The van der Waals surface area contributed by atoms with Crippen LogP contribution in [-0.4, -0.2) is 45.2 Å². The lowest BCUT2D eigenvalue weighted by molar-refractivity contribution is -0.435. The highest BCUT2D eigenvalue weighted by molar-refractivity contribution is 7.89. The van der Waals surface area contributed by atoms with E-state index in [1.165, 1.54) is 12.8 Å². The first-order valence-corrected chi connectivity index (χ1v) is 17.8. The molecule has 0 aromatic heterocycles. The zero-order chi connectivity index (χ0) is 30.2. The van der Waals surface area contributed by atoms with Crippen LogP contribution in [-0.2, 0) is 48.6 Å². The maximum absolute atomic E-state index is 12.9. The Kier molecular flexibility index (Phi) is 11.3. The smallest absolute Gasteiger partial charge is 0.285 e. The second-order valence-electron chi connectivity index (χ2n) is 13.7. The van der Waals surface area contributed by atoms with Gasteiger partial charge in [0.2, 0.25) is 0 Å². The SMILES string of the molecule is CC(C)CCC(C)C1CCC2[C@@H]3CC(OS(=O)(=O)O)C4CC(S(=O)OOO)[C@@H](OSOOO)C[C@]4(C)C3CC[C@]12C. The Morgan fingerprint density at radius 1 is 0.951 bits per heavy atom. The number of rotatable bonds is 13. The second kappa shape index (κ2) is 13.6. The average molecular weight is 647 g/mol. The minimum Gasteiger partial charge on any atom is -0.285 e. The first kappa shape index (κ1) is 34.0. The van der Waals surface area contributed by atoms with Gasteiger partial charge in [-0.2, -0.15) is 8.42 Å². The van der Waals surface area contributed by atoms with Crippen LogP contribution in [0.1, 0.15) is 92.4 Å². The molecule has 0 heterocycles. The van der Waals surface area contributed by atoms with Gasteiger partial charge in [0.15, 0.2) is 23.4 Å². The van der Waals surface area contributed by atoms with Crippen LogP contribution in [0, 0.1) is 52.3 Å². The fraction of sp³-hybridized carbons (Fsp3) is 1.00. The van der Waals surface area contributed by atoms with E-state index >= 15 is 0 Å². The summed E-state index contributed by atoms with van der Waals surface area (Å²) in [5.74, 6) is 2.22. The number of hydrogen-bond acceptors (Lipinski definition) is 12. The van der Waals surface area contributed by atoms with Crippen LogP contribution < -0.4 is 0 Å². The summed E-state index contributed by atoms with van der Waals surface area (Å²) in [5, 5.41) is 23.8. The summed E-state index contributed by atoms with van der Waals surface area (Å²) in [6.45, 7) is 11.4. The molecule has 0 saturated heterocycles. The van der Waals surface area contributed by atoms with Crippen LogP contribution in [0.25, 0.3) is 0 Å². The Morgan fingerprint density at radius 3 is 2.29 bits per heavy atom. The van der Waals surface area contributed by atoms with Crippen LogP contribution >= 0.6 is 12.3 Å². The van der Waals surface area contributed by atoms with Gasteiger partial charge in [0.05, 0.1) is 17.5 Å². The maximum atomic E-state index is 12.9. The number of fused-ring (bicyclic) bond motifs is 5. The van der Waals surface area contributed by atoms with Crippen molar-refractivity contribution in [1.82, 2.24) is 0 Å². The van der Waals surface area contributed by atoms with Crippen molar-refractivity contribution in [2.24, 2.45) is 52.3 Å². The summed E-state index contributed by atoms with van der Waals surface area (Å²) < 4.78 is 66.8. The lowest BCUT2D eigenvalue weighted by Gasteiger charge is -2.63. The van der Waals surface area contributed by atoms with Crippen molar-refractivity contribution in [2.45, 2.75) is 110 Å². The van der Waals surface area contributed by atoms with Gasteiger partial charge in [-0.1, -0.05) is 57.5 Å². The number of hydrogen-bond donors (Lipinski definition) is 3. The molecule has 4 rings (SSSR count). The van der Waals surface area contributed by atoms with Crippen LogP contribution in [0.3, 0.4) is 0 Å².